The third kappa shape index (κ3) is 5.39. The highest BCUT2D eigenvalue weighted by Crippen LogP contribution is 2.27. The van der Waals surface area contributed by atoms with E-state index in [1.807, 2.05) is 49.5 Å². The fourth-order valence-electron chi connectivity index (χ4n) is 4.05. The molecule has 0 spiro atoms. The van der Waals surface area contributed by atoms with Gasteiger partial charge >= 0.3 is 11.8 Å². The molecule has 0 aliphatic carbocycles. The van der Waals surface area contributed by atoms with Crippen molar-refractivity contribution in [1.29, 1.82) is 0 Å². The quantitative estimate of drug-likeness (QED) is 0.592. The predicted molar refractivity (Wildman–Crippen MR) is 124 cm³/mol. The number of nitrogens with zero attached hydrogens (tertiary/aromatic N) is 2. The molecule has 6 nitrogen and oxygen atoms in total. The van der Waals surface area contributed by atoms with E-state index in [0.717, 1.165) is 36.2 Å². The van der Waals surface area contributed by atoms with Gasteiger partial charge in [-0.3, -0.25) is 19.5 Å². The van der Waals surface area contributed by atoms with Crippen molar-refractivity contribution in [3.05, 3.63) is 101 Å². The van der Waals surface area contributed by atoms with Crippen LogP contribution in [0, 0.1) is 6.92 Å². The number of carbonyl (C=O) groups is 2. The van der Waals surface area contributed by atoms with Gasteiger partial charge in [0.15, 0.2) is 0 Å². The second kappa shape index (κ2) is 10.2. The van der Waals surface area contributed by atoms with Crippen molar-refractivity contribution in [2.75, 3.05) is 13.1 Å². The number of hydrogen-bond donors (Lipinski definition) is 2. The lowest BCUT2D eigenvalue weighted by molar-refractivity contribution is -0.139. The summed E-state index contributed by atoms with van der Waals surface area (Å²) < 4.78 is 0. The van der Waals surface area contributed by atoms with Crippen molar-refractivity contribution < 1.29 is 9.59 Å². The summed E-state index contributed by atoms with van der Waals surface area (Å²) in [6.45, 7) is 4.35. The molecule has 1 atom stereocenters. The Morgan fingerprint density at radius 2 is 1.72 bits per heavy atom. The molecule has 0 unspecified atom stereocenters. The molecule has 0 bridgehead atoms. The molecule has 0 radical (unpaired) electrons. The lowest BCUT2D eigenvalue weighted by Gasteiger charge is -2.35. The van der Waals surface area contributed by atoms with Gasteiger partial charge < -0.3 is 10.6 Å². The first-order chi connectivity index (χ1) is 15.6. The van der Waals surface area contributed by atoms with Crippen molar-refractivity contribution in [1.82, 2.24) is 20.5 Å². The molecule has 32 heavy (non-hydrogen) atoms. The van der Waals surface area contributed by atoms with E-state index in [0.29, 0.717) is 13.1 Å². The molecular formula is C26H28N4O2. The van der Waals surface area contributed by atoms with Crippen LogP contribution in [0.1, 0.15) is 33.9 Å². The first-order valence-electron chi connectivity index (χ1n) is 10.9. The lowest BCUT2D eigenvalue weighted by atomic mass is 9.97. The van der Waals surface area contributed by atoms with Crippen molar-refractivity contribution in [2.45, 2.75) is 32.5 Å². The van der Waals surface area contributed by atoms with Gasteiger partial charge in [-0.2, -0.15) is 0 Å². The zero-order valence-corrected chi connectivity index (χ0v) is 18.3. The minimum Gasteiger partial charge on any atom is -0.346 e. The minimum absolute atomic E-state index is 0.0640. The van der Waals surface area contributed by atoms with Gasteiger partial charge in [-0.1, -0.05) is 60.2 Å². The van der Waals surface area contributed by atoms with E-state index in [-0.39, 0.29) is 6.04 Å². The number of aromatic nitrogens is 1. The largest absolute Gasteiger partial charge is 0.346 e. The Hall–Kier alpha value is -3.51. The molecule has 164 valence electrons. The standard InChI is InChI=1S/C26H28N4O2/c1-19-8-10-20(11-9-19)15-28-25(31)26(32)29-17-24(22-7-4-13-27-16-22)30-14-12-21-5-2-3-6-23(21)18-30/h2-11,13,16,24H,12,14-15,17-18H2,1H3,(H,28,31)(H,29,32)/t24-/m0/s1. The maximum Gasteiger partial charge on any atom is 0.309 e. The molecule has 2 heterocycles. The summed E-state index contributed by atoms with van der Waals surface area (Å²) in [7, 11) is 0. The summed E-state index contributed by atoms with van der Waals surface area (Å²) in [5.74, 6) is -1.25. The van der Waals surface area contributed by atoms with Crippen molar-refractivity contribution in [3.8, 4) is 0 Å². The second-order valence-corrected chi connectivity index (χ2v) is 8.17. The van der Waals surface area contributed by atoms with E-state index in [4.69, 9.17) is 0 Å². The molecule has 0 saturated heterocycles. The van der Waals surface area contributed by atoms with Gasteiger partial charge in [0.2, 0.25) is 0 Å². The van der Waals surface area contributed by atoms with Crippen molar-refractivity contribution in [2.24, 2.45) is 0 Å². The maximum absolute atomic E-state index is 12.5. The zero-order valence-electron chi connectivity index (χ0n) is 18.3. The van der Waals surface area contributed by atoms with E-state index >= 15 is 0 Å². The number of benzene rings is 2. The SMILES string of the molecule is Cc1ccc(CNC(=O)C(=O)NC[C@@H](c2cccnc2)N2CCc3ccccc3C2)cc1. The number of aryl methyl sites for hydroxylation is 1. The molecule has 0 fully saturated rings. The van der Waals surface area contributed by atoms with Gasteiger partial charge in [-0.15, -0.1) is 0 Å². The van der Waals surface area contributed by atoms with Gasteiger partial charge in [0.1, 0.15) is 0 Å². The van der Waals surface area contributed by atoms with E-state index in [2.05, 4.69) is 44.8 Å². The first-order valence-corrected chi connectivity index (χ1v) is 10.9. The van der Waals surface area contributed by atoms with Crippen LogP contribution in [0.3, 0.4) is 0 Å². The van der Waals surface area contributed by atoms with Crippen LogP contribution in [-0.2, 0) is 29.1 Å². The fraction of sp³-hybridized carbons (Fsp3) is 0.269. The zero-order chi connectivity index (χ0) is 22.3. The Kier molecular flexibility index (Phi) is 6.92. The van der Waals surface area contributed by atoms with Gasteiger partial charge in [0.25, 0.3) is 0 Å². The second-order valence-electron chi connectivity index (χ2n) is 8.17. The third-order valence-electron chi connectivity index (χ3n) is 5.91. The van der Waals surface area contributed by atoms with Crippen LogP contribution in [0.25, 0.3) is 0 Å². The average Bonchev–Trinajstić information content (AvgIpc) is 2.84. The topological polar surface area (TPSA) is 74.3 Å². The number of fused-ring (bicyclic) bond motifs is 1. The maximum atomic E-state index is 12.5. The van der Waals surface area contributed by atoms with Gasteiger partial charge in [-0.05, 0) is 41.7 Å². The van der Waals surface area contributed by atoms with Gasteiger partial charge in [-0.25, -0.2) is 0 Å². The molecule has 1 aliphatic heterocycles. The van der Waals surface area contributed by atoms with E-state index in [9.17, 15) is 9.59 Å². The number of amides is 2. The van der Waals surface area contributed by atoms with Gasteiger partial charge in [0.05, 0.1) is 6.04 Å². The Bertz CT molecular complexity index is 1070. The highest BCUT2D eigenvalue weighted by atomic mass is 16.2. The highest BCUT2D eigenvalue weighted by Gasteiger charge is 2.26. The van der Waals surface area contributed by atoms with Crippen LogP contribution in [0.5, 0.6) is 0 Å². The van der Waals surface area contributed by atoms with E-state index in [1.54, 1.807) is 6.20 Å². The fourth-order valence-corrected chi connectivity index (χ4v) is 4.05. The Balaban J connectivity index is 1.39. The smallest absolute Gasteiger partial charge is 0.309 e. The van der Waals surface area contributed by atoms with Crippen LogP contribution in [0.2, 0.25) is 0 Å². The summed E-state index contributed by atoms with van der Waals surface area (Å²) in [5.41, 5.74) is 5.80. The Morgan fingerprint density at radius 1 is 0.969 bits per heavy atom. The first kappa shape index (κ1) is 21.7. The molecule has 2 amide bonds. The molecule has 0 saturated carbocycles. The molecule has 4 rings (SSSR count). The number of pyridine rings is 1. The van der Waals surface area contributed by atoms with Crippen molar-refractivity contribution >= 4 is 11.8 Å². The Labute approximate surface area is 188 Å². The molecule has 1 aromatic heterocycles. The summed E-state index contributed by atoms with van der Waals surface area (Å²) in [5, 5.41) is 5.52. The normalized spacial score (nSPS) is 14.3. The predicted octanol–water partition coefficient (Wildman–Crippen LogP) is 2.92. The third-order valence-corrected chi connectivity index (χ3v) is 5.91. The van der Waals surface area contributed by atoms with E-state index < -0.39 is 11.8 Å². The van der Waals surface area contributed by atoms with Crippen LogP contribution in [-0.4, -0.2) is 34.8 Å². The number of hydrogen-bond acceptors (Lipinski definition) is 4. The van der Waals surface area contributed by atoms with Crippen LogP contribution >= 0.6 is 0 Å². The van der Waals surface area contributed by atoms with Crippen LogP contribution < -0.4 is 10.6 Å². The molecule has 1 aliphatic rings. The molecule has 6 heteroatoms. The summed E-state index contributed by atoms with van der Waals surface area (Å²) in [4.78, 5) is 31.4. The summed E-state index contributed by atoms with van der Waals surface area (Å²) >= 11 is 0. The minimum atomic E-state index is -0.625. The monoisotopic (exact) mass is 428 g/mol. The van der Waals surface area contributed by atoms with Crippen molar-refractivity contribution in [3.63, 3.8) is 0 Å². The molecular weight excluding hydrogens is 400 g/mol. The lowest BCUT2D eigenvalue weighted by Crippen LogP contribution is -2.45. The number of carbonyl (C=O) groups excluding carboxylic acids is 2. The highest BCUT2D eigenvalue weighted by molar-refractivity contribution is 6.35. The molecule has 3 aromatic rings. The summed E-state index contributed by atoms with van der Waals surface area (Å²) in [6.07, 6.45) is 4.52. The van der Waals surface area contributed by atoms with Gasteiger partial charge in [0, 0.05) is 38.6 Å². The van der Waals surface area contributed by atoms with Crippen LogP contribution in [0.15, 0.2) is 73.1 Å². The van der Waals surface area contributed by atoms with Crippen LogP contribution in [0.4, 0.5) is 0 Å². The molecule has 2 N–H and O–H groups in total. The van der Waals surface area contributed by atoms with E-state index in [1.165, 1.54) is 11.1 Å². The number of rotatable bonds is 6. The summed E-state index contributed by atoms with van der Waals surface area (Å²) in [6, 6.07) is 20.2. The Morgan fingerprint density at radius 3 is 2.47 bits per heavy atom. The average molecular weight is 429 g/mol. The molecule has 2 aromatic carbocycles. The number of nitrogens with one attached hydrogen (secondary N) is 2.